The molecule has 0 radical (unpaired) electrons. The van der Waals surface area contributed by atoms with E-state index in [0.29, 0.717) is 12.5 Å². The molecular formula is C17H27N3O2. The van der Waals surface area contributed by atoms with Gasteiger partial charge in [0, 0.05) is 39.3 Å². The van der Waals surface area contributed by atoms with Gasteiger partial charge in [0.2, 0.25) is 5.91 Å². The number of hydrogen-bond acceptors (Lipinski definition) is 4. The normalized spacial score (nSPS) is 20.9. The average Bonchev–Trinajstić information content (AvgIpc) is 2.54. The molecule has 0 saturated carbocycles. The molecule has 2 rings (SSSR count). The molecule has 1 fully saturated rings. The van der Waals surface area contributed by atoms with Gasteiger partial charge in [-0.1, -0.05) is 30.3 Å². The summed E-state index contributed by atoms with van der Waals surface area (Å²) in [5.74, 6) is 0.0575. The van der Waals surface area contributed by atoms with Gasteiger partial charge in [0.25, 0.3) is 0 Å². The molecule has 2 atom stereocenters. The molecular weight excluding hydrogens is 278 g/mol. The van der Waals surface area contributed by atoms with Crippen LogP contribution in [0.15, 0.2) is 30.3 Å². The molecule has 1 aromatic carbocycles. The van der Waals surface area contributed by atoms with E-state index in [2.05, 4.69) is 11.8 Å². The average molecular weight is 305 g/mol. The summed E-state index contributed by atoms with van der Waals surface area (Å²) in [4.78, 5) is 16.8. The molecule has 0 aromatic heterocycles. The molecule has 1 aliphatic rings. The van der Waals surface area contributed by atoms with Gasteiger partial charge in [0.1, 0.15) is 0 Å². The molecule has 5 nitrogen and oxygen atoms in total. The van der Waals surface area contributed by atoms with Crippen molar-refractivity contribution in [1.29, 1.82) is 0 Å². The van der Waals surface area contributed by atoms with Crippen LogP contribution in [0.2, 0.25) is 0 Å². The summed E-state index contributed by atoms with van der Waals surface area (Å²) in [5, 5.41) is 0. The van der Waals surface area contributed by atoms with Crippen molar-refractivity contribution in [3.63, 3.8) is 0 Å². The Kier molecular flexibility index (Phi) is 6.36. The van der Waals surface area contributed by atoms with Gasteiger partial charge in [-0.3, -0.25) is 9.69 Å². The Labute approximate surface area is 133 Å². The van der Waals surface area contributed by atoms with Gasteiger partial charge in [-0.25, -0.2) is 0 Å². The van der Waals surface area contributed by atoms with E-state index >= 15 is 0 Å². The minimum absolute atomic E-state index is 0.0575. The van der Waals surface area contributed by atoms with E-state index in [9.17, 15) is 4.79 Å². The van der Waals surface area contributed by atoms with Crippen LogP contribution in [-0.4, -0.2) is 67.7 Å². The SMILES string of the molecule is COCCN1CCN(C(=O)C(N)Cc2ccccc2)CC1C. The maximum absolute atomic E-state index is 12.5. The Bertz CT molecular complexity index is 466. The molecule has 1 heterocycles. The number of ether oxygens (including phenoxy) is 1. The number of piperazine rings is 1. The van der Waals surface area contributed by atoms with Crippen molar-refractivity contribution in [1.82, 2.24) is 9.80 Å². The molecule has 5 heteroatoms. The lowest BCUT2D eigenvalue weighted by Gasteiger charge is -2.40. The first-order valence-electron chi connectivity index (χ1n) is 7.93. The van der Waals surface area contributed by atoms with Crippen molar-refractivity contribution in [2.24, 2.45) is 5.73 Å². The minimum Gasteiger partial charge on any atom is -0.383 e. The summed E-state index contributed by atoms with van der Waals surface area (Å²) in [7, 11) is 1.72. The lowest BCUT2D eigenvalue weighted by atomic mass is 10.0. The summed E-state index contributed by atoms with van der Waals surface area (Å²) in [6.07, 6.45) is 0.595. The van der Waals surface area contributed by atoms with Crippen molar-refractivity contribution in [2.45, 2.75) is 25.4 Å². The van der Waals surface area contributed by atoms with Gasteiger partial charge in [0.15, 0.2) is 0 Å². The molecule has 0 bridgehead atoms. The predicted molar refractivity (Wildman–Crippen MR) is 87.6 cm³/mol. The van der Waals surface area contributed by atoms with Gasteiger partial charge in [-0.2, -0.15) is 0 Å². The highest BCUT2D eigenvalue weighted by Crippen LogP contribution is 2.11. The van der Waals surface area contributed by atoms with Crippen molar-refractivity contribution in [2.75, 3.05) is 39.9 Å². The van der Waals surface area contributed by atoms with Crippen molar-refractivity contribution in [3.8, 4) is 0 Å². The smallest absolute Gasteiger partial charge is 0.239 e. The minimum atomic E-state index is -0.458. The monoisotopic (exact) mass is 305 g/mol. The molecule has 2 unspecified atom stereocenters. The number of hydrogen-bond donors (Lipinski definition) is 1. The second kappa shape index (κ2) is 8.27. The van der Waals surface area contributed by atoms with Crippen molar-refractivity contribution < 1.29 is 9.53 Å². The van der Waals surface area contributed by atoms with Gasteiger partial charge < -0.3 is 15.4 Å². The number of nitrogens with zero attached hydrogens (tertiary/aromatic N) is 2. The zero-order valence-corrected chi connectivity index (χ0v) is 13.6. The molecule has 1 amide bonds. The molecule has 1 aliphatic heterocycles. The van der Waals surface area contributed by atoms with Crippen LogP contribution in [-0.2, 0) is 16.0 Å². The maximum Gasteiger partial charge on any atom is 0.239 e. The number of carbonyl (C=O) groups excluding carboxylic acids is 1. The highest BCUT2D eigenvalue weighted by atomic mass is 16.5. The lowest BCUT2D eigenvalue weighted by molar-refractivity contribution is -0.135. The number of carbonyl (C=O) groups is 1. The molecule has 0 aliphatic carbocycles. The molecule has 2 N–H and O–H groups in total. The summed E-state index contributed by atoms with van der Waals surface area (Å²) < 4.78 is 5.13. The molecule has 1 aromatic rings. The van der Waals surface area contributed by atoms with Gasteiger partial charge in [0.05, 0.1) is 12.6 Å². The third-order valence-electron chi connectivity index (χ3n) is 4.28. The summed E-state index contributed by atoms with van der Waals surface area (Å²) in [5.41, 5.74) is 7.22. The predicted octanol–water partition coefficient (Wildman–Crippen LogP) is 0.736. The van der Waals surface area contributed by atoms with Gasteiger partial charge in [-0.15, -0.1) is 0 Å². The third kappa shape index (κ3) is 4.53. The zero-order chi connectivity index (χ0) is 15.9. The number of amides is 1. The zero-order valence-electron chi connectivity index (χ0n) is 13.6. The van der Waals surface area contributed by atoms with E-state index in [4.69, 9.17) is 10.5 Å². The van der Waals surface area contributed by atoms with Crippen LogP contribution < -0.4 is 5.73 Å². The van der Waals surface area contributed by atoms with Crippen molar-refractivity contribution in [3.05, 3.63) is 35.9 Å². The molecule has 22 heavy (non-hydrogen) atoms. The van der Waals surface area contributed by atoms with E-state index in [1.807, 2.05) is 35.2 Å². The van der Waals surface area contributed by atoms with Crippen LogP contribution in [0.5, 0.6) is 0 Å². The highest BCUT2D eigenvalue weighted by Gasteiger charge is 2.29. The Morgan fingerprint density at radius 2 is 2.09 bits per heavy atom. The summed E-state index contributed by atoms with van der Waals surface area (Å²) in [6.45, 7) is 6.16. The van der Waals surface area contributed by atoms with E-state index in [0.717, 1.165) is 38.3 Å². The number of benzene rings is 1. The molecule has 0 spiro atoms. The quantitative estimate of drug-likeness (QED) is 0.842. The second-order valence-electron chi connectivity index (χ2n) is 5.96. The Morgan fingerprint density at radius 1 is 1.36 bits per heavy atom. The fourth-order valence-corrected chi connectivity index (χ4v) is 2.93. The van der Waals surface area contributed by atoms with Crippen molar-refractivity contribution >= 4 is 5.91 Å². The second-order valence-corrected chi connectivity index (χ2v) is 5.96. The van der Waals surface area contributed by atoms with E-state index in [-0.39, 0.29) is 5.91 Å². The lowest BCUT2D eigenvalue weighted by Crippen LogP contribution is -2.57. The first-order chi connectivity index (χ1) is 10.6. The molecule has 1 saturated heterocycles. The van der Waals surface area contributed by atoms with E-state index in [1.54, 1.807) is 7.11 Å². The van der Waals surface area contributed by atoms with Crippen LogP contribution in [0.3, 0.4) is 0 Å². The standard InChI is InChI=1S/C17H27N3O2/c1-14-13-20(9-8-19(14)10-11-22-2)17(21)16(18)12-15-6-4-3-5-7-15/h3-7,14,16H,8-13,18H2,1-2H3. The number of methoxy groups -OCH3 is 1. The Morgan fingerprint density at radius 3 is 2.73 bits per heavy atom. The van der Waals surface area contributed by atoms with E-state index < -0.39 is 6.04 Å². The van der Waals surface area contributed by atoms with Crippen LogP contribution in [0, 0.1) is 0 Å². The topological polar surface area (TPSA) is 58.8 Å². The highest BCUT2D eigenvalue weighted by molar-refractivity contribution is 5.82. The Hall–Kier alpha value is -1.43. The third-order valence-corrected chi connectivity index (χ3v) is 4.28. The summed E-state index contributed by atoms with van der Waals surface area (Å²) >= 11 is 0. The van der Waals surface area contributed by atoms with Gasteiger partial charge in [-0.05, 0) is 18.9 Å². The van der Waals surface area contributed by atoms with E-state index in [1.165, 1.54) is 0 Å². The maximum atomic E-state index is 12.5. The first kappa shape index (κ1) is 16.9. The first-order valence-corrected chi connectivity index (χ1v) is 7.93. The summed E-state index contributed by atoms with van der Waals surface area (Å²) in [6, 6.07) is 9.83. The largest absolute Gasteiger partial charge is 0.383 e. The molecule has 122 valence electrons. The van der Waals surface area contributed by atoms with Crippen LogP contribution in [0.25, 0.3) is 0 Å². The Balaban J connectivity index is 1.85. The number of rotatable bonds is 6. The van der Waals surface area contributed by atoms with Crippen LogP contribution >= 0.6 is 0 Å². The fraction of sp³-hybridized carbons (Fsp3) is 0.588. The number of nitrogens with two attached hydrogens (primary N) is 1. The fourth-order valence-electron chi connectivity index (χ4n) is 2.93. The van der Waals surface area contributed by atoms with Crippen LogP contribution in [0.4, 0.5) is 0 Å². The van der Waals surface area contributed by atoms with Crippen LogP contribution in [0.1, 0.15) is 12.5 Å². The van der Waals surface area contributed by atoms with Gasteiger partial charge >= 0.3 is 0 Å².